The lowest BCUT2D eigenvalue weighted by Crippen LogP contribution is -1.86. The highest BCUT2D eigenvalue weighted by Crippen LogP contribution is 2.39. The third-order valence-electron chi connectivity index (χ3n) is 2.84. The predicted molar refractivity (Wildman–Crippen MR) is 56.2 cm³/mol. The Bertz CT molecular complexity index is 466. The molecule has 2 nitrogen and oxygen atoms in total. The molecule has 0 atom stereocenters. The standard InChI is InChI=1S/C12H13N2/c1-2-11-8-14-7-10(9-3-4-9)5-6-12(14)13-11/h2,5-9H,3-4H2,1H3. The zero-order chi connectivity index (χ0) is 9.54. The van der Waals surface area contributed by atoms with E-state index in [1.807, 2.05) is 13.3 Å². The zero-order valence-corrected chi connectivity index (χ0v) is 8.27. The van der Waals surface area contributed by atoms with Crippen LogP contribution in [0.4, 0.5) is 0 Å². The molecule has 71 valence electrons. The Morgan fingerprint density at radius 1 is 1.36 bits per heavy atom. The maximum absolute atomic E-state index is 4.46. The molecule has 0 amide bonds. The molecule has 1 aliphatic rings. The van der Waals surface area contributed by atoms with Gasteiger partial charge in [-0.05, 0) is 30.4 Å². The van der Waals surface area contributed by atoms with Crippen LogP contribution < -0.4 is 0 Å². The summed E-state index contributed by atoms with van der Waals surface area (Å²) >= 11 is 0. The molecule has 0 spiro atoms. The normalized spacial score (nSPS) is 16.4. The monoisotopic (exact) mass is 185 g/mol. The van der Waals surface area contributed by atoms with Gasteiger partial charge in [0.05, 0.1) is 5.69 Å². The quantitative estimate of drug-likeness (QED) is 0.703. The SMILES string of the molecule is C[CH]c1cn2cc(C3CC3)ccc2n1. The maximum Gasteiger partial charge on any atom is 0.136 e. The summed E-state index contributed by atoms with van der Waals surface area (Å²) in [5.74, 6) is 0.816. The molecule has 1 fully saturated rings. The summed E-state index contributed by atoms with van der Waals surface area (Å²) in [4.78, 5) is 4.46. The van der Waals surface area contributed by atoms with E-state index in [2.05, 4.69) is 33.9 Å². The van der Waals surface area contributed by atoms with E-state index in [9.17, 15) is 0 Å². The number of pyridine rings is 1. The van der Waals surface area contributed by atoms with Crippen molar-refractivity contribution in [2.45, 2.75) is 25.7 Å². The van der Waals surface area contributed by atoms with Gasteiger partial charge in [0, 0.05) is 18.8 Å². The average Bonchev–Trinajstić information content (AvgIpc) is 2.97. The van der Waals surface area contributed by atoms with Gasteiger partial charge in [-0.15, -0.1) is 0 Å². The minimum Gasteiger partial charge on any atom is -0.307 e. The number of fused-ring (bicyclic) bond motifs is 1. The van der Waals surface area contributed by atoms with Crippen molar-refractivity contribution >= 4 is 5.65 Å². The minimum atomic E-state index is 0.816. The second kappa shape index (κ2) is 2.84. The molecule has 1 saturated carbocycles. The van der Waals surface area contributed by atoms with E-state index < -0.39 is 0 Å². The molecule has 0 N–H and O–H groups in total. The second-order valence-electron chi connectivity index (χ2n) is 3.96. The molecule has 0 aliphatic heterocycles. The van der Waals surface area contributed by atoms with Crippen molar-refractivity contribution in [1.82, 2.24) is 9.38 Å². The topological polar surface area (TPSA) is 17.3 Å². The van der Waals surface area contributed by atoms with E-state index in [0.717, 1.165) is 17.3 Å². The van der Waals surface area contributed by atoms with Crippen molar-refractivity contribution in [1.29, 1.82) is 0 Å². The fraction of sp³-hybridized carbons (Fsp3) is 0.333. The van der Waals surface area contributed by atoms with Crippen LogP contribution in [0.5, 0.6) is 0 Å². The smallest absolute Gasteiger partial charge is 0.136 e. The summed E-state index contributed by atoms with van der Waals surface area (Å²) in [6.07, 6.45) is 9.04. The van der Waals surface area contributed by atoms with Crippen molar-refractivity contribution in [2.24, 2.45) is 0 Å². The summed E-state index contributed by atoms with van der Waals surface area (Å²) in [7, 11) is 0. The molecule has 2 aromatic rings. The third kappa shape index (κ3) is 1.22. The van der Waals surface area contributed by atoms with Gasteiger partial charge in [0.2, 0.25) is 0 Å². The van der Waals surface area contributed by atoms with Gasteiger partial charge in [-0.2, -0.15) is 0 Å². The van der Waals surface area contributed by atoms with Crippen molar-refractivity contribution in [3.63, 3.8) is 0 Å². The van der Waals surface area contributed by atoms with Crippen molar-refractivity contribution < 1.29 is 0 Å². The van der Waals surface area contributed by atoms with Crippen LogP contribution in [-0.2, 0) is 0 Å². The Hall–Kier alpha value is -1.31. The van der Waals surface area contributed by atoms with E-state index in [1.165, 1.54) is 18.4 Å². The minimum absolute atomic E-state index is 0.816. The van der Waals surface area contributed by atoms with Crippen molar-refractivity contribution in [2.75, 3.05) is 0 Å². The molecule has 0 saturated heterocycles. The number of nitrogens with zero attached hydrogens (tertiary/aromatic N) is 2. The van der Waals surface area contributed by atoms with Gasteiger partial charge >= 0.3 is 0 Å². The molecule has 1 radical (unpaired) electrons. The fourth-order valence-electron chi connectivity index (χ4n) is 1.83. The van der Waals surface area contributed by atoms with Crippen LogP contribution in [-0.4, -0.2) is 9.38 Å². The predicted octanol–water partition coefficient (Wildman–Crippen LogP) is 2.78. The molecule has 14 heavy (non-hydrogen) atoms. The highest BCUT2D eigenvalue weighted by atomic mass is 15.0. The first-order valence-electron chi connectivity index (χ1n) is 5.15. The molecule has 3 rings (SSSR count). The van der Waals surface area contributed by atoms with Gasteiger partial charge in [0.25, 0.3) is 0 Å². The van der Waals surface area contributed by atoms with E-state index in [1.54, 1.807) is 0 Å². The third-order valence-corrected chi connectivity index (χ3v) is 2.84. The second-order valence-corrected chi connectivity index (χ2v) is 3.96. The summed E-state index contributed by atoms with van der Waals surface area (Å²) < 4.78 is 2.13. The van der Waals surface area contributed by atoms with E-state index in [4.69, 9.17) is 0 Å². The first-order valence-corrected chi connectivity index (χ1v) is 5.15. The van der Waals surface area contributed by atoms with Gasteiger partial charge in [-0.1, -0.05) is 13.0 Å². The molecule has 2 heterocycles. The Kier molecular flexibility index (Phi) is 1.63. The van der Waals surface area contributed by atoms with Crippen LogP contribution in [0.1, 0.15) is 36.9 Å². The number of hydrogen-bond donors (Lipinski definition) is 0. The largest absolute Gasteiger partial charge is 0.307 e. The summed E-state index contributed by atoms with van der Waals surface area (Å²) in [6, 6.07) is 4.32. The summed E-state index contributed by atoms with van der Waals surface area (Å²) in [5.41, 5.74) is 3.55. The zero-order valence-electron chi connectivity index (χ0n) is 8.27. The highest BCUT2D eigenvalue weighted by molar-refractivity contribution is 5.43. The van der Waals surface area contributed by atoms with Crippen LogP contribution in [0.15, 0.2) is 24.5 Å². The Labute approximate surface area is 83.6 Å². The number of rotatable bonds is 2. The summed E-state index contributed by atoms with van der Waals surface area (Å²) in [6.45, 7) is 2.02. The number of aromatic nitrogens is 2. The molecule has 0 aromatic carbocycles. The van der Waals surface area contributed by atoms with E-state index >= 15 is 0 Å². The average molecular weight is 185 g/mol. The van der Waals surface area contributed by atoms with E-state index in [0.29, 0.717) is 0 Å². The first-order chi connectivity index (χ1) is 6.86. The molecule has 0 bridgehead atoms. The van der Waals surface area contributed by atoms with E-state index in [-0.39, 0.29) is 0 Å². The van der Waals surface area contributed by atoms with Gasteiger partial charge in [-0.25, -0.2) is 4.98 Å². The highest BCUT2D eigenvalue weighted by Gasteiger charge is 2.23. The number of hydrogen-bond acceptors (Lipinski definition) is 1. The van der Waals surface area contributed by atoms with Crippen molar-refractivity contribution in [3.05, 3.63) is 42.2 Å². The van der Waals surface area contributed by atoms with Crippen LogP contribution in [0.3, 0.4) is 0 Å². The fourth-order valence-corrected chi connectivity index (χ4v) is 1.83. The molecular formula is C12H13N2. The Morgan fingerprint density at radius 2 is 2.21 bits per heavy atom. The molecule has 2 aromatic heterocycles. The lowest BCUT2D eigenvalue weighted by atomic mass is 10.2. The van der Waals surface area contributed by atoms with Crippen molar-refractivity contribution in [3.8, 4) is 0 Å². The van der Waals surface area contributed by atoms with Crippen LogP contribution in [0, 0.1) is 6.42 Å². The molecule has 1 aliphatic carbocycles. The van der Waals surface area contributed by atoms with Gasteiger partial charge in [-0.3, -0.25) is 0 Å². The lowest BCUT2D eigenvalue weighted by Gasteiger charge is -1.98. The summed E-state index contributed by atoms with van der Waals surface area (Å²) in [5, 5.41) is 0. The van der Waals surface area contributed by atoms with Gasteiger partial charge < -0.3 is 4.40 Å². The van der Waals surface area contributed by atoms with Gasteiger partial charge in [0.1, 0.15) is 5.65 Å². The Balaban J connectivity index is 2.12. The lowest BCUT2D eigenvalue weighted by molar-refractivity contribution is 1.06. The van der Waals surface area contributed by atoms with Crippen LogP contribution in [0.25, 0.3) is 5.65 Å². The van der Waals surface area contributed by atoms with Crippen LogP contribution >= 0.6 is 0 Å². The van der Waals surface area contributed by atoms with Gasteiger partial charge in [0.15, 0.2) is 0 Å². The number of imidazole rings is 1. The Morgan fingerprint density at radius 3 is 2.93 bits per heavy atom. The first kappa shape index (κ1) is 8.04. The molecule has 0 unspecified atom stereocenters. The molecule has 2 heteroatoms. The molecular weight excluding hydrogens is 172 g/mol. The maximum atomic E-state index is 4.46. The van der Waals surface area contributed by atoms with Crippen LogP contribution in [0.2, 0.25) is 0 Å².